The highest BCUT2D eigenvalue weighted by atomic mass is 32.2. The van der Waals surface area contributed by atoms with Crippen LogP contribution in [-0.2, 0) is 9.59 Å². The lowest BCUT2D eigenvalue weighted by atomic mass is 10.3. The number of hydrogen-bond acceptors (Lipinski definition) is 6. The molecule has 0 bridgehead atoms. The Labute approximate surface area is 158 Å². The van der Waals surface area contributed by atoms with Gasteiger partial charge < -0.3 is 4.74 Å². The lowest BCUT2D eigenvalue weighted by Gasteiger charge is -2.15. The van der Waals surface area contributed by atoms with Crippen LogP contribution in [0.4, 0.5) is 10.1 Å². The Bertz CT molecular complexity index is 832. The number of ether oxygens (including phenoxy) is 1. The molecule has 0 spiro atoms. The minimum Gasteiger partial charge on any atom is -0.478 e. The number of nitrogens with zero attached hydrogens (tertiary/aromatic N) is 1. The number of halogens is 1. The van der Waals surface area contributed by atoms with Crippen LogP contribution < -0.4 is 15.6 Å². The van der Waals surface area contributed by atoms with E-state index in [1.165, 1.54) is 49.4 Å². The molecule has 10 heteroatoms. The molecule has 0 saturated heterocycles. The molecule has 27 heavy (non-hydrogen) atoms. The normalized spacial score (nSPS) is 11.3. The van der Waals surface area contributed by atoms with Crippen LogP contribution in [0.1, 0.15) is 6.92 Å². The molecule has 2 aromatic carbocycles. The Hall–Kier alpha value is -3.14. The summed E-state index contributed by atoms with van der Waals surface area (Å²) in [5, 5.41) is 10.6. The van der Waals surface area contributed by atoms with E-state index in [-0.39, 0.29) is 17.2 Å². The minimum atomic E-state index is -1.02. The molecular weight excluding hydrogens is 377 g/mol. The van der Waals surface area contributed by atoms with Crippen molar-refractivity contribution >= 4 is 29.3 Å². The van der Waals surface area contributed by atoms with E-state index >= 15 is 0 Å². The number of nitro groups is 1. The van der Waals surface area contributed by atoms with Crippen molar-refractivity contribution in [3.63, 3.8) is 0 Å². The van der Waals surface area contributed by atoms with Gasteiger partial charge in [0, 0.05) is 17.0 Å². The van der Waals surface area contributed by atoms with Crippen LogP contribution in [0.25, 0.3) is 0 Å². The van der Waals surface area contributed by atoms with Crippen LogP contribution >= 0.6 is 11.8 Å². The summed E-state index contributed by atoms with van der Waals surface area (Å²) in [5.41, 5.74) is 4.37. The molecule has 142 valence electrons. The number of carbonyl (C=O) groups is 2. The second kappa shape index (κ2) is 9.53. The van der Waals surface area contributed by atoms with Gasteiger partial charge in [-0.2, -0.15) is 0 Å². The predicted molar refractivity (Wildman–Crippen MR) is 96.6 cm³/mol. The molecular formula is C17H16FN3O5S. The summed E-state index contributed by atoms with van der Waals surface area (Å²) in [6.07, 6.45) is -1.02. The summed E-state index contributed by atoms with van der Waals surface area (Å²) in [4.78, 5) is 34.4. The quantitative estimate of drug-likeness (QED) is 0.425. The van der Waals surface area contributed by atoms with Gasteiger partial charge in [-0.05, 0) is 31.2 Å². The summed E-state index contributed by atoms with van der Waals surface area (Å²) in [5.74, 6) is -1.81. The highest BCUT2D eigenvalue weighted by molar-refractivity contribution is 8.00. The number of carbonyl (C=O) groups excluding carboxylic acids is 2. The number of nitrogens with one attached hydrogen (secondary N) is 2. The number of thioether (sulfide) groups is 1. The monoisotopic (exact) mass is 393 g/mol. The number of non-ortho nitro benzene ring substituents is 1. The number of nitro benzene ring substituents is 1. The second-order valence-electron chi connectivity index (χ2n) is 5.27. The molecule has 0 heterocycles. The highest BCUT2D eigenvalue weighted by Gasteiger charge is 2.17. The topological polar surface area (TPSA) is 111 Å². The van der Waals surface area contributed by atoms with E-state index in [0.29, 0.717) is 4.90 Å². The van der Waals surface area contributed by atoms with Crippen LogP contribution in [0.15, 0.2) is 53.4 Å². The van der Waals surface area contributed by atoms with Crippen molar-refractivity contribution in [3.8, 4) is 5.75 Å². The fourth-order valence-electron chi connectivity index (χ4n) is 1.87. The van der Waals surface area contributed by atoms with Gasteiger partial charge in [-0.1, -0.05) is 12.1 Å². The second-order valence-corrected chi connectivity index (χ2v) is 6.32. The molecule has 2 rings (SSSR count). The van der Waals surface area contributed by atoms with Gasteiger partial charge in [-0.25, -0.2) is 4.39 Å². The van der Waals surface area contributed by atoms with E-state index in [1.54, 1.807) is 6.07 Å². The first-order valence-electron chi connectivity index (χ1n) is 7.74. The van der Waals surface area contributed by atoms with Crippen molar-refractivity contribution < 1.29 is 23.6 Å². The minimum absolute atomic E-state index is 0.0133. The zero-order valence-electron chi connectivity index (χ0n) is 14.2. The number of rotatable bonds is 7. The van der Waals surface area contributed by atoms with Crippen molar-refractivity contribution in [1.82, 2.24) is 10.9 Å². The van der Waals surface area contributed by atoms with Crippen molar-refractivity contribution in [3.05, 3.63) is 64.5 Å². The number of amides is 2. The van der Waals surface area contributed by atoms with E-state index in [4.69, 9.17) is 4.74 Å². The predicted octanol–water partition coefficient (Wildman–Crippen LogP) is 2.44. The zero-order valence-corrected chi connectivity index (χ0v) is 15.0. The first-order chi connectivity index (χ1) is 12.9. The van der Waals surface area contributed by atoms with Crippen molar-refractivity contribution in [1.29, 1.82) is 0 Å². The Morgan fingerprint density at radius 2 is 1.85 bits per heavy atom. The zero-order chi connectivity index (χ0) is 19.8. The van der Waals surface area contributed by atoms with Gasteiger partial charge in [0.1, 0.15) is 0 Å². The molecule has 2 N–H and O–H groups in total. The number of para-hydroxylation sites is 1. The summed E-state index contributed by atoms with van der Waals surface area (Å²) in [6, 6.07) is 11.4. The average molecular weight is 393 g/mol. The molecule has 8 nitrogen and oxygen atoms in total. The first-order valence-corrected chi connectivity index (χ1v) is 8.72. The van der Waals surface area contributed by atoms with E-state index < -0.39 is 28.7 Å². The maximum atomic E-state index is 13.5. The van der Waals surface area contributed by atoms with Crippen LogP contribution in [0.2, 0.25) is 0 Å². The van der Waals surface area contributed by atoms with E-state index in [1.807, 2.05) is 0 Å². The fourth-order valence-corrected chi connectivity index (χ4v) is 2.56. The summed E-state index contributed by atoms with van der Waals surface area (Å²) < 4.78 is 18.7. The van der Waals surface area contributed by atoms with Gasteiger partial charge in [0.05, 0.1) is 10.7 Å². The van der Waals surface area contributed by atoms with Crippen LogP contribution in [-0.4, -0.2) is 28.6 Å². The Morgan fingerprint density at radius 1 is 1.19 bits per heavy atom. The average Bonchev–Trinajstić information content (AvgIpc) is 2.66. The number of hydrazine groups is 1. The largest absolute Gasteiger partial charge is 0.478 e. The number of benzene rings is 2. The Balaban J connectivity index is 1.75. The molecule has 0 fully saturated rings. The van der Waals surface area contributed by atoms with Gasteiger partial charge in [-0.3, -0.25) is 30.6 Å². The third kappa shape index (κ3) is 6.26. The molecule has 0 aliphatic carbocycles. The molecule has 2 amide bonds. The molecule has 0 radical (unpaired) electrons. The van der Waals surface area contributed by atoms with Crippen molar-refractivity contribution in [2.45, 2.75) is 17.9 Å². The first kappa shape index (κ1) is 20.2. The third-order valence-corrected chi connectivity index (χ3v) is 4.26. The van der Waals surface area contributed by atoms with E-state index in [0.717, 1.165) is 11.8 Å². The summed E-state index contributed by atoms with van der Waals surface area (Å²) in [6.45, 7) is 1.42. The molecule has 0 aliphatic heterocycles. The highest BCUT2D eigenvalue weighted by Crippen LogP contribution is 2.21. The lowest BCUT2D eigenvalue weighted by molar-refractivity contribution is -0.384. The molecule has 2 aromatic rings. The molecule has 0 aromatic heterocycles. The van der Waals surface area contributed by atoms with Crippen LogP contribution in [0.3, 0.4) is 0 Å². The van der Waals surface area contributed by atoms with Gasteiger partial charge in [0.15, 0.2) is 17.7 Å². The van der Waals surface area contributed by atoms with Crippen molar-refractivity contribution in [2.24, 2.45) is 0 Å². The third-order valence-electron chi connectivity index (χ3n) is 3.25. The summed E-state index contributed by atoms with van der Waals surface area (Å²) >= 11 is 1.15. The SMILES string of the molecule is C[C@H](Oc1ccccc1F)C(=O)NNC(=O)CSc1ccc([N+](=O)[O-])cc1. The van der Waals surface area contributed by atoms with Gasteiger partial charge in [0.25, 0.3) is 11.6 Å². The van der Waals surface area contributed by atoms with E-state index in [9.17, 15) is 24.1 Å². The maximum absolute atomic E-state index is 13.5. The van der Waals surface area contributed by atoms with Gasteiger partial charge in [-0.15, -0.1) is 11.8 Å². The van der Waals surface area contributed by atoms with Crippen molar-refractivity contribution in [2.75, 3.05) is 5.75 Å². The number of hydrogen-bond donors (Lipinski definition) is 2. The lowest BCUT2D eigenvalue weighted by Crippen LogP contribution is -2.47. The summed E-state index contributed by atoms with van der Waals surface area (Å²) in [7, 11) is 0. The van der Waals surface area contributed by atoms with Crippen LogP contribution in [0.5, 0.6) is 5.75 Å². The van der Waals surface area contributed by atoms with Crippen LogP contribution in [0, 0.1) is 15.9 Å². The molecule has 0 saturated carbocycles. The molecule has 1 atom stereocenters. The molecule has 0 unspecified atom stereocenters. The van der Waals surface area contributed by atoms with Gasteiger partial charge in [0.2, 0.25) is 5.91 Å². The standard InChI is InChI=1S/C17H16FN3O5S/c1-11(26-15-5-3-2-4-14(15)18)17(23)20-19-16(22)10-27-13-8-6-12(7-9-13)21(24)25/h2-9,11H,10H2,1H3,(H,19,22)(H,20,23)/t11-/m0/s1. The smallest absolute Gasteiger partial charge is 0.279 e. The Morgan fingerprint density at radius 3 is 2.48 bits per heavy atom. The maximum Gasteiger partial charge on any atom is 0.279 e. The Kier molecular flexibility index (Phi) is 7.12. The van der Waals surface area contributed by atoms with Gasteiger partial charge >= 0.3 is 0 Å². The van der Waals surface area contributed by atoms with E-state index in [2.05, 4.69) is 10.9 Å². The molecule has 0 aliphatic rings. The fraction of sp³-hybridized carbons (Fsp3) is 0.176.